The van der Waals surface area contributed by atoms with Gasteiger partial charge in [-0.15, -0.1) is 0 Å². The average Bonchev–Trinajstić information content (AvgIpc) is 3.05. The molecule has 0 spiro atoms. The summed E-state index contributed by atoms with van der Waals surface area (Å²) in [7, 11) is 0. The summed E-state index contributed by atoms with van der Waals surface area (Å²) in [5.41, 5.74) is 11.2. The first kappa shape index (κ1) is 18.7. The van der Waals surface area contributed by atoms with Crippen LogP contribution in [0.4, 0.5) is 0 Å². The van der Waals surface area contributed by atoms with Gasteiger partial charge < -0.3 is 0 Å². The second-order valence-electron chi connectivity index (χ2n) is 7.71. The molecule has 144 valence electrons. The number of nitrogens with one attached hydrogen (secondary N) is 1. The quantitative estimate of drug-likeness (QED) is 0.473. The van der Waals surface area contributed by atoms with Gasteiger partial charge in [0.05, 0.1) is 0 Å². The zero-order chi connectivity index (χ0) is 19.5. The van der Waals surface area contributed by atoms with Crippen LogP contribution in [0.3, 0.4) is 0 Å². The van der Waals surface area contributed by atoms with Crippen LogP contribution in [0.1, 0.15) is 41.2 Å². The molecule has 0 saturated carbocycles. The number of amides is 1. The minimum Gasteiger partial charge on any atom is -0.298 e. The molecule has 2 aromatic carbocycles. The van der Waals surface area contributed by atoms with Crippen LogP contribution in [0, 0.1) is 0 Å². The Kier molecular flexibility index (Phi) is 5.42. The number of hydroxylamine groups is 1. The highest BCUT2D eigenvalue weighted by molar-refractivity contribution is 5.90. The van der Waals surface area contributed by atoms with E-state index in [9.17, 15) is 4.79 Å². The molecule has 2 aromatic rings. The minimum atomic E-state index is -0.514. The molecular formula is C24H26N2O2. The van der Waals surface area contributed by atoms with Gasteiger partial charge in [0.15, 0.2) is 0 Å². The fourth-order valence-electron chi connectivity index (χ4n) is 4.35. The summed E-state index contributed by atoms with van der Waals surface area (Å²) in [5.74, 6) is -0.514. The zero-order valence-electron chi connectivity index (χ0n) is 16.2. The third kappa shape index (κ3) is 3.93. The van der Waals surface area contributed by atoms with Crippen LogP contribution < -0.4 is 5.48 Å². The maximum atomic E-state index is 11.2. The van der Waals surface area contributed by atoms with Gasteiger partial charge in [-0.05, 0) is 65.7 Å². The lowest BCUT2D eigenvalue weighted by molar-refractivity contribution is -0.124. The number of allylic oxidation sites excluding steroid dienone is 1. The van der Waals surface area contributed by atoms with Gasteiger partial charge in [0.1, 0.15) is 0 Å². The fourth-order valence-corrected chi connectivity index (χ4v) is 4.35. The number of carbonyl (C=O) groups is 1. The van der Waals surface area contributed by atoms with Crippen molar-refractivity contribution in [1.29, 1.82) is 0 Å². The number of benzene rings is 2. The summed E-state index contributed by atoms with van der Waals surface area (Å²) in [6, 6.07) is 15.1. The Balaban J connectivity index is 1.42. The lowest BCUT2D eigenvalue weighted by atomic mass is 9.96. The van der Waals surface area contributed by atoms with Crippen molar-refractivity contribution < 1.29 is 10.0 Å². The van der Waals surface area contributed by atoms with E-state index in [1.807, 2.05) is 6.07 Å². The highest BCUT2D eigenvalue weighted by atomic mass is 16.5. The van der Waals surface area contributed by atoms with Crippen LogP contribution >= 0.6 is 0 Å². The predicted octanol–water partition coefficient (Wildman–Crippen LogP) is 3.98. The molecule has 4 rings (SSSR count). The van der Waals surface area contributed by atoms with Gasteiger partial charge in [-0.2, -0.15) is 0 Å². The normalized spacial score (nSPS) is 16.4. The Morgan fingerprint density at radius 1 is 1.18 bits per heavy atom. The molecule has 0 saturated heterocycles. The number of hydrogen-bond acceptors (Lipinski definition) is 3. The van der Waals surface area contributed by atoms with Crippen molar-refractivity contribution in [3.05, 3.63) is 81.9 Å². The van der Waals surface area contributed by atoms with Crippen LogP contribution in [-0.2, 0) is 24.2 Å². The number of hydrogen-bond donors (Lipinski definition) is 2. The number of carbonyl (C=O) groups excluding carboxylic acids is 1. The van der Waals surface area contributed by atoms with E-state index in [1.54, 1.807) is 11.6 Å². The molecule has 0 unspecified atom stereocenters. The van der Waals surface area contributed by atoms with Crippen LogP contribution in [0.2, 0.25) is 0 Å². The van der Waals surface area contributed by atoms with Gasteiger partial charge in [0.2, 0.25) is 0 Å². The van der Waals surface area contributed by atoms with Gasteiger partial charge in [0, 0.05) is 25.7 Å². The smallest absolute Gasteiger partial charge is 0.267 e. The largest absolute Gasteiger partial charge is 0.298 e. The Morgan fingerprint density at radius 3 is 2.89 bits per heavy atom. The van der Waals surface area contributed by atoms with Gasteiger partial charge in [0.25, 0.3) is 5.91 Å². The summed E-state index contributed by atoms with van der Waals surface area (Å²) < 4.78 is 0. The van der Waals surface area contributed by atoms with Crippen molar-refractivity contribution in [3.63, 3.8) is 0 Å². The first-order chi connectivity index (χ1) is 13.6. The SMILES string of the molecule is CC1=C(CCN2CCc3ccc(/C=C/C(=O)NO)cc3C2)c2ccccc2C1. The van der Waals surface area contributed by atoms with E-state index in [0.29, 0.717) is 0 Å². The van der Waals surface area contributed by atoms with Crippen molar-refractivity contribution in [1.82, 2.24) is 10.4 Å². The van der Waals surface area contributed by atoms with Crippen molar-refractivity contribution in [3.8, 4) is 0 Å². The molecule has 0 fully saturated rings. The maximum absolute atomic E-state index is 11.2. The zero-order valence-corrected chi connectivity index (χ0v) is 16.2. The summed E-state index contributed by atoms with van der Waals surface area (Å²) in [6.45, 7) is 5.36. The van der Waals surface area contributed by atoms with E-state index in [1.165, 1.54) is 39.5 Å². The van der Waals surface area contributed by atoms with Gasteiger partial charge in [-0.3, -0.25) is 14.9 Å². The van der Waals surface area contributed by atoms with Crippen molar-refractivity contribution in [2.45, 2.75) is 32.7 Å². The van der Waals surface area contributed by atoms with E-state index >= 15 is 0 Å². The van der Waals surface area contributed by atoms with Gasteiger partial charge in [-0.1, -0.05) is 48.0 Å². The van der Waals surface area contributed by atoms with Crippen molar-refractivity contribution in [2.24, 2.45) is 0 Å². The first-order valence-corrected chi connectivity index (χ1v) is 9.87. The van der Waals surface area contributed by atoms with Crippen LogP contribution in [0.5, 0.6) is 0 Å². The van der Waals surface area contributed by atoms with E-state index in [-0.39, 0.29) is 0 Å². The molecule has 1 amide bonds. The molecule has 0 radical (unpaired) electrons. The molecule has 0 bridgehead atoms. The first-order valence-electron chi connectivity index (χ1n) is 9.87. The molecule has 4 heteroatoms. The van der Waals surface area contributed by atoms with E-state index in [0.717, 1.165) is 44.5 Å². The Labute approximate surface area is 166 Å². The molecule has 1 aliphatic carbocycles. The number of fused-ring (bicyclic) bond motifs is 2. The van der Waals surface area contributed by atoms with E-state index in [4.69, 9.17) is 5.21 Å². The Morgan fingerprint density at radius 2 is 2.04 bits per heavy atom. The molecule has 0 atom stereocenters. The summed E-state index contributed by atoms with van der Waals surface area (Å²) in [4.78, 5) is 13.7. The van der Waals surface area contributed by atoms with Gasteiger partial charge in [-0.25, -0.2) is 5.48 Å². The van der Waals surface area contributed by atoms with Gasteiger partial charge >= 0.3 is 0 Å². The number of rotatable bonds is 5. The molecule has 1 heterocycles. The minimum absolute atomic E-state index is 0.514. The van der Waals surface area contributed by atoms with Crippen molar-refractivity contribution >= 4 is 17.6 Å². The molecular weight excluding hydrogens is 348 g/mol. The molecule has 4 nitrogen and oxygen atoms in total. The third-order valence-electron chi connectivity index (χ3n) is 5.85. The number of nitrogens with zero attached hydrogens (tertiary/aromatic N) is 1. The monoisotopic (exact) mass is 374 g/mol. The molecule has 28 heavy (non-hydrogen) atoms. The maximum Gasteiger partial charge on any atom is 0.267 e. The topological polar surface area (TPSA) is 52.6 Å². The molecule has 1 aliphatic heterocycles. The van der Waals surface area contributed by atoms with E-state index < -0.39 is 5.91 Å². The summed E-state index contributed by atoms with van der Waals surface area (Å²) in [6.07, 6.45) is 6.31. The lowest BCUT2D eigenvalue weighted by Gasteiger charge is -2.29. The highest BCUT2D eigenvalue weighted by Crippen LogP contribution is 2.35. The summed E-state index contributed by atoms with van der Waals surface area (Å²) in [5, 5.41) is 8.61. The fraction of sp³-hybridized carbons (Fsp3) is 0.292. The molecule has 0 aromatic heterocycles. The highest BCUT2D eigenvalue weighted by Gasteiger charge is 2.21. The van der Waals surface area contributed by atoms with Crippen LogP contribution in [0.15, 0.2) is 54.1 Å². The van der Waals surface area contributed by atoms with E-state index in [2.05, 4.69) is 48.2 Å². The molecule has 2 N–H and O–H groups in total. The average molecular weight is 374 g/mol. The van der Waals surface area contributed by atoms with Crippen LogP contribution in [0.25, 0.3) is 11.6 Å². The van der Waals surface area contributed by atoms with Crippen LogP contribution in [-0.4, -0.2) is 29.1 Å². The lowest BCUT2D eigenvalue weighted by Crippen LogP contribution is -2.31. The summed E-state index contributed by atoms with van der Waals surface area (Å²) >= 11 is 0. The predicted molar refractivity (Wildman–Crippen MR) is 112 cm³/mol. The Bertz CT molecular complexity index is 959. The standard InChI is InChI=1S/C24H26N2O2/c1-17-14-20-4-2-3-5-23(20)22(17)11-13-26-12-10-19-8-6-18(15-21(19)16-26)7-9-24(27)25-28/h2-9,15,28H,10-14,16H2,1H3,(H,25,27)/b9-7+. The second-order valence-corrected chi connectivity index (χ2v) is 7.71. The Hall–Kier alpha value is -2.69. The third-order valence-corrected chi connectivity index (χ3v) is 5.85. The molecule has 2 aliphatic rings. The van der Waals surface area contributed by atoms with Crippen molar-refractivity contribution in [2.75, 3.05) is 13.1 Å². The second kappa shape index (κ2) is 8.13.